The first-order chi connectivity index (χ1) is 15.0. The summed E-state index contributed by atoms with van der Waals surface area (Å²) in [6.07, 6.45) is 1.78. The number of ether oxygens (including phenoxy) is 2. The van der Waals surface area contributed by atoms with E-state index in [4.69, 9.17) is 9.47 Å². The van der Waals surface area contributed by atoms with Crippen molar-refractivity contribution >= 4 is 44.3 Å². The number of aromatic nitrogens is 1. The Bertz CT molecular complexity index is 1200. The van der Waals surface area contributed by atoms with Crippen LogP contribution >= 0.6 is 15.9 Å². The van der Waals surface area contributed by atoms with Gasteiger partial charge in [-0.25, -0.2) is 0 Å². The molecule has 1 aliphatic rings. The molecule has 1 aliphatic heterocycles. The van der Waals surface area contributed by atoms with E-state index in [1.165, 1.54) is 19.1 Å². The molecule has 3 aromatic rings. The van der Waals surface area contributed by atoms with E-state index in [0.717, 1.165) is 16.5 Å². The number of H-pyrrole nitrogens is 1. The Kier molecular flexibility index (Phi) is 5.84. The summed E-state index contributed by atoms with van der Waals surface area (Å²) in [5, 5.41) is 12.0. The van der Waals surface area contributed by atoms with Crippen molar-refractivity contribution < 1.29 is 24.2 Å². The zero-order valence-corrected chi connectivity index (χ0v) is 18.6. The lowest BCUT2D eigenvalue weighted by atomic mass is 9.95. The lowest BCUT2D eigenvalue weighted by Crippen LogP contribution is -2.32. The number of para-hydroxylation sites is 1. The summed E-state index contributed by atoms with van der Waals surface area (Å²) in [5.74, 6) is -1.04. The largest absolute Gasteiger partial charge is 0.507 e. The van der Waals surface area contributed by atoms with Gasteiger partial charge in [-0.2, -0.15) is 0 Å². The molecule has 0 bridgehead atoms. The van der Waals surface area contributed by atoms with Crippen molar-refractivity contribution in [1.82, 2.24) is 9.88 Å². The van der Waals surface area contributed by atoms with Gasteiger partial charge in [-0.3, -0.25) is 9.59 Å². The molecule has 0 radical (unpaired) electrons. The molecule has 1 atom stereocenters. The van der Waals surface area contributed by atoms with Crippen LogP contribution in [0.25, 0.3) is 16.7 Å². The summed E-state index contributed by atoms with van der Waals surface area (Å²) in [5.41, 5.74) is 2.06. The van der Waals surface area contributed by atoms with Gasteiger partial charge in [-0.1, -0.05) is 18.2 Å². The van der Waals surface area contributed by atoms with Gasteiger partial charge in [0.25, 0.3) is 11.7 Å². The van der Waals surface area contributed by atoms with Gasteiger partial charge in [0.05, 0.1) is 29.8 Å². The Morgan fingerprint density at radius 3 is 2.68 bits per heavy atom. The number of methoxy groups -OCH3 is 2. The van der Waals surface area contributed by atoms with E-state index in [9.17, 15) is 14.7 Å². The normalized spacial score (nSPS) is 18.2. The van der Waals surface area contributed by atoms with Crippen LogP contribution < -0.4 is 4.74 Å². The molecule has 1 fully saturated rings. The van der Waals surface area contributed by atoms with E-state index < -0.39 is 17.7 Å². The van der Waals surface area contributed by atoms with E-state index in [0.29, 0.717) is 15.8 Å². The number of benzene rings is 2. The highest BCUT2D eigenvalue weighted by atomic mass is 79.9. The van der Waals surface area contributed by atoms with Gasteiger partial charge in [0.1, 0.15) is 11.5 Å². The quantitative estimate of drug-likeness (QED) is 0.313. The molecular formula is C23H21BrN2O5. The van der Waals surface area contributed by atoms with E-state index in [2.05, 4.69) is 20.9 Å². The smallest absolute Gasteiger partial charge is 0.295 e. The van der Waals surface area contributed by atoms with Gasteiger partial charge in [0.15, 0.2) is 0 Å². The van der Waals surface area contributed by atoms with Crippen LogP contribution in [0.2, 0.25) is 0 Å². The van der Waals surface area contributed by atoms with Crippen molar-refractivity contribution in [3.05, 3.63) is 69.8 Å². The Morgan fingerprint density at radius 1 is 1.19 bits per heavy atom. The van der Waals surface area contributed by atoms with Crippen molar-refractivity contribution in [2.45, 2.75) is 6.04 Å². The van der Waals surface area contributed by atoms with Gasteiger partial charge in [0.2, 0.25) is 0 Å². The molecule has 4 rings (SSSR count). The van der Waals surface area contributed by atoms with Gasteiger partial charge in [0, 0.05) is 41.9 Å². The van der Waals surface area contributed by atoms with Gasteiger partial charge in [-0.05, 0) is 40.2 Å². The molecule has 0 aliphatic carbocycles. The highest BCUT2D eigenvalue weighted by Crippen LogP contribution is 2.42. The zero-order valence-electron chi connectivity index (χ0n) is 17.0. The van der Waals surface area contributed by atoms with E-state index >= 15 is 0 Å². The van der Waals surface area contributed by atoms with E-state index in [-0.39, 0.29) is 24.5 Å². The summed E-state index contributed by atoms with van der Waals surface area (Å²) >= 11 is 3.40. The highest BCUT2D eigenvalue weighted by molar-refractivity contribution is 9.10. The molecule has 8 heteroatoms. The minimum absolute atomic E-state index is 0.0444. The number of carbonyl (C=O) groups is 2. The molecule has 2 heterocycles. The van der Waals surface area contributed by atoms with Crippen molar-refractivity contribution in [2.75, 3.05) is 27.4 Å². The molecule has 1 aromatic heterocycles. The predicted octanol–water partition coefficient (Wildman–Crippen LogP) is 4.01. The molecular weight excluding hydrogens is 464 g/mol. The van der Waals surface area contributed by atoms with Gasteiger partial charge < -0.3 is 24.5 Å². The molecule has 0 spiro atoms. The average Bonchev–Trinajstić information content (AvgIpc) is 3.30. The van der Waals surface area contributed by atoms with Crippen molar-refractivity contribution in [2.24, 2.45) is 0 Å². The van der Waals surface area contributed by atoms with Gasteiger partial charge >= 0.3 is 0 Å². The zero-order chi connectivity index (χ0) is 22.1. The average molecular weight is 485 g/mol. The maximum absolute atomic E-state index is 13.0. The molecule has 31 heavy (non-hydrogen) atoms. The number of aliphatic hydroxyl groups excluding tert-OH is 1. The number of hydrogen-bond acceptors (Lipinski definition) is 5. The number of fused-ring (bicyclic) bond motifs is 1. The summed E-state index contributed by atoms with van der Waals surface area (Å²) in [6.45, 7) is 0.480. The third-order valence-corrected chi connectivity index (χ3v) is 6.04. The standard InChI is InChI=1S/C23H21BrN2O5/c1-30-10-9-26-20(15-12-25-17-6-4-3-5-14(15)17)19(22(28)23(26)29)21(27)13-7-8-18(31-2)16(24)11-13/h3-8,11-12,20,25,27H,9-10H2,1-2H3/b21-19+. The molecule has 1 unspecified atom stereocenters. The molecule has 1 saturated heterocycles. The third kappa shape index (κ3) is 3.62. The van der Waals surface area contributed by atoms with Crippen LogP contribution in [0.3, 0.4) is 0 Å². The number of rotatable bonds is 6. The molecule has 7 nitrogen and oxygen atoms in total. The van der Waals surface area contributed by atoms with Crippen LogP contribution in [0.15, 0.2) is 58.7 Å². The van der Waals surface area contributed by atoms with Crippen LogP contribution in [0.5, 0.6) is 5.75 Å². The number of aromatic amines is 1. The van der Waals surface area contributed by atoms with Crippen LogP contribution in [0.1, 0.15) is 17.2 Å². The lowest BCUT2D eigenvalue weighted by Gasteiger charge is -2.24. The minimum Gasteiger partial charge on any atom is -0.507 e. The second-order valence-electron chi connectivity index (χ2n) is 7.12. The molecule has 160 valence electrons. The number of ketones is 1. The number of aliphatic hydroxyl groups is 1. The predicted molar refractivity (Wildman–Crippen MR) is 120 cm³/mol. The van der Waals surface area contributed by atoms with Crippen molar-refractivity contribution in [3.63, 3.8) is 0 Å². The second-order valence-corrected chi connectivity index (χ2v) is 7.98. The SMILES string of the molecule is COCCN1C(=O)C(=O)/C(=C(/O)c2ccc(OC)c(Br)c2)C1c1c[nH]c2ccccc12. The maximum atomic E-state index is 13.0. The van der Waals surface area contributed by atoms with Crippen LogP contribution in [0, 0.1) is 0 Å². The summed E-state index contributed by atoms with van der Waals surface area (Å²) in [7, 11) is 3.07. The fraction of sp³-hybridized carbons (Fsp3) is 0.217. The number of halogens is 1. The summed E-state index contributed by atoms with van der Waals surface area (Å²) in [6, 6.07) is 11.9. The summed E-state index contributed by atoms with van der Waals surface area (Å²) < 4.78 is 11.0. The number of hydrogen-bond donors (Lipinski definition) is 2. The highest BCUT2D eigenvalue weighted by Gasteiger charge is 2.46. The minimum atomic E-state index is -0.743. The maximum Gasteiger partial charge on any atom is 0.295 e. The molecule has 0 saturated carbocycles. The Hall–Kier alpha value is -3.10. The monoisotopic (exact) mass is 484 g/mol. The first-order valence-corrected chi connectivity index (χ1v) is 10.4. The molecule has 2 N–H and O–H groups in total. The Morgan fingerprint density at radius 2 is 1.97 bits per heavy atom. The number of Topliss-reactive ketones (excluding diaryl/α,β-unsaturated/α-hetero) is 1. The number of nitrogens with one attached hydrogen (secondary N) is 1. The Balaban J connectivity index is 1.91. The van der Waals surface area contributed by atoms with Crippen LogP contribution in [-0.4, -0.2) is 54.1 Å². The second kappa shape index (κ2) is 8.56. The van der Waals surface area contributed by atoms with Crippen molar-refractivity contribution in [1.29, 1.82) is 0 Å². The van der Waals surface area contributed by atoms with E-state index in [1.807, 2.05) is 24.3 Å². The third-order valence-electron chi connectivity index (χ3n) is 5.42. The van der Waals surface area contributed by atoms with Crippen molar-refractivity contribution in [3.8, 4) is 5.75 Å². The number of carbonyl (C=O) groups excluding carboxylic acids is 2. The van der Waals surface area contributed by atoms with E-state index in [1.54, 1.807) is 24.4 Å². The Labute approximate surface area is 187 Å². The first kappa shape index (κ1) is 21.1. The lowest BCUT2D eigenvalue weighted by molar-refractivity contribution is -0.140. The van der Waals surface area contributed by atoms with Gasteiger partial charge in [-0.15, -0.1) is 0 Å². The molecule has 2 aromatic carbocycles. The summed E-state index contributed by atoms with van der Waals surface area (Å²) in [4.78, 5) is 30.6. The number of amides is 1. The van der Waals surface area contributed by atoms with Crippen LogP contribution in [-0.2, 0) is 14.3 Å². The fourth-order valence-corrected chi connectivity index (χ4v) is 4.45. The topological polar surface area (TPSA) is 91.9 Å². The first-order valence-electron chi connectivity index (χ1n) is 9.65. The van der Waals surface area contributed by atoms with Crippen LogP contribution in [0.4, 0.5) is 0 Å². The number of nitrogens with zero attached hydrogens (tertiary/aromatic N) is 1. The number of likely N-dealkylation sites (tertiary alicyclic amines) is 1. The molecule has 1 amide bonds. The fourth-order valence-electron chi connectivity index (χ4n) is 3.91.